The number of hydrogen-bond acceptors (Lipinski definition) is 4. The molecule has 0 heterocycles. The average molecular weight is 421 g/mol. The third-order valence-corrected chi connectivity index (χ3v) is 4.96. The van der Waals surface area contributed by atoms with Crippen LogP contribution >= 0.6 is 55.1 Å². The van der Waals surface area contributed by atoms with Crippen LogP contribution in [-0.4, -0.2) is 0 Å². The van der Waals surface area contributed by atoms with Crippen LogP contribution in [0.2, 0.25) is 10.0 Å². The van der Waals surface area contributed by atoms with Crippen LogP contribution in [0.25, 0.3) is 0 Å². The van der Waals surface area contributed by atoms with Crippen molar-refractivity contribution in [3.05, 3.63) is 36.3 Å². The van der Waals surface area contributed by atoms with E-state index in [4.69, 9.17) is 39.0 Å². The van der Waals surface area contributed by atoms with E-state index in [0.29, 0.717) is 24.7 Å². The summed E-state index contributed by atoms with van der Waals surface area (Å²) >= 11 is 18.4. The summed E-state index contributed by atoms with van der Waals surface area (Å²) in [6, 6.07) is 6.50. The Labute approximate surface area is 136 Å². The SMILES string of the molecule is N#CC(C#N)=C(C#N)Nc1cc(Cl)c(Br)c(Cl)c1Br. The maximum absolute atomic E-state index is 8.94. The molecule has 0 amide bonds. The molecule has 0 atom stereocenters. The molecule has 8 heteroatoms. The van der Waals surface area contributed by atoms with Crippen molar-refractivity contribution >= 4 is 60.7 Å². The number of nitrogens with one attached hydrogen (secondary N) is 1. The van der Waals surface area contributed by atoms with Gasteiger partial charge < -0.3 is 5.32 Å². The third kappa shape index (κ3) is 3.41. The highest BCUT2D eigenvalue weighted by Gasteiger charge is 2.14. The van der Waals surface area contributed by atoms with Crippen LogP contribution in [0.15, 0.2) is 26.3 Å². The zero-order chi connectivity index (χ0) is 14.6. The molecule has 0 aliphatic heterocycles. The lowest BCUT2D eigenvalue weighted by molar-refractivity contribution is 1.36. The minimum atomic E-state index is -0.329. The first kappa shape index (κ1) is 15.8. The van der Waals surface area contributed by atoms with Gasteiger partial charge >= 0.3 is 0 Å². The van der Waals surface area contributed by atoms with Crippen LogP contribution in [0.3, 0.4) is 0 Å². The van der Waals surface area contributed by atoms with E-state index >= 15 is 0 Å². The Balaban J connectivity index is 3.38. The van der Waals surface area contributed by atoms with Crippen LogP contribution in [0.1, 0.15) is 0 Å². The van der Waals surface area contributed by atoms with Crippen LogP contribution in [0.4, 0.5) is 5.69 Å². The maximum atomic E-state index is 8.94. The van der Waals surface area contributed by atoms with E-state index in [2.05, 4.69) is 37.2 Å². The molecule has 0 unspecified atom stereocenters. The van der Waals surface area contributed by atoms with Crippen molar-refractivity contribution in [1.82, 2.24) is 0 Å². The van der Waals surface area contributed by atoms with Gasteiger partial charge in [0.15, 0.2) is 5.57 Å². The van der Waals surface area contributed by atoms with Gasteiger partial charge in [0, 0.05) is 0 Å². The number of allylic oxidation sites excluding steroid dienone is 2. The maximum Gasteiger partial charge on any atom is 0.163 e. The second-order valence-corrected chi connectivity index (χ2v) is 5.43. The second kappa shape index (κ2) is 6.80. The molecular formula is C11H2Br2Cl2N4. The molecule has 1 rings (SSSR count). The number of hydrogen-bond donors (Lipinski definition) is 1. The minimum Gasteiger partial charge on any atom is -0.344 e. The van der Waals surface area contributed by atoms with Gasteiger partial charge in [-0.25, -0.2) is 0 Å². The monoisotopic (exact) mass is 418 g/mol. The van der Waals surface area contributed by atoms with Crippen molar-refractivity contribution in [3.8, 4) is 18.2 Å². The van der Waals surface area contributed by atoms with Crippen molar-refractivity contribution in [3.63, 3.8) is 0 Å². The van der Waals surface area contributed by atoms with Gasteiger partial charge in [-0.15, -0.1) is 0 Å². The first-order chi connectivity index (χ1) is 8.96. The van der Waals surface area contributed by atoms with E-state index in [1.165, 1.54) is 6.07 Å². The summed E-state index contributed by atoms with van der Waals surface area (Å²) in [5.74, 6) is 0. The van der Waals surface area contributed by atoms with Crippen molar-refractivity contribution in [1.29, 1.82) is 15.8 Å². The van der Waals surface area contributed by atoms with Gasteiger partial charge in [-0.2, -0.15) is 15.8 Å². The van der Waals surface area contributed by atoms with Gasteiger partial charge in [0.1, 0.15) is 23.9 Å². The van der Waals surface area contributed by atoms with Crippen molar-refractivity contribution in [2.24, 2.45) is 0 Å². The molecule has 0 saturated heterocycles. The molecule has 0 radical (unpaired) electrons. The molecule has 0 saturated carbocycles. The Bertz CT molecular complexity index is 677. The van der Waals surface area contributed by atoms with Gasteiger partial charge in [0.25, 0.3) is 0 Å². The standard InChI is InChI=1S/C11H2Br2Cl2N4/c12-9-6(14)1-7(10(13)11(9)15)19-8(4-18)5(2-16)3-17/h1,19H. The van der Waals surface area contributed by atoms with Crippen LogP contribution in [-0.2, 0) is 0 Å². The van der Waals surface area contributed by atoms with Crippen LogP contribution in [0, 0.1) is 34.0 Å². The predicted octanol–water partition coefficient (Wildman–Crippen LogP) is 4.76. The summed E-state index contributed by atoms with van der Waals surface area (Å²) < 4.78 is 0.949. The van der Waals surface area contributed by atoms with Crippen molar-refractivity contribution in [2.45, 2.75) is 0 Å². The molecule has 0 aliphatic rings. The number of benzene rings is 1. The van der Waals surface area contributed by atoms with E-state index < -0.39 is 0 Å². The third-order valence-electron chi connectivity index (χ3n) is 1.95. The zero-order valence-electron chi connectivity index (χ0n) is 8.93. The van der Waals surface area contributed by atoms with Gasteiger partial charge in [-0.1, -0.05) is 23.2 Å². The molecule has 0 spiro atoms. The lowest BCUT2D eigenvalue weighted by atomic mass is 10.2. The van der Waals surface area contributed by atoms with Crippen LogP contribution in [0.5, 0.6) is 0 Å². The number of rotatable bonds is 2. The lowest BCUT2D eigenvalue weighted by Gasteiger charge is -2.11. The Hall–Kier alpha value is -1.23. The summed E-state index contributed by atoms with van der Waals surface area (Å²) in [6.07, 6.45) is 0. The quantitative estimate of drug-likeness (QED) is 0.425. The number of halogens is 4. The smallest absolute Gasteiger partial charge is 0.163 e. The molecule has 19 heavy (non-hydrogen) atoms. The summed E-state index contributed by atoms with van der Waals surface area (Å²) in [4.78, 5) is 0. The fourth-order valence-electron chi connectivity index (χ4n) is 1.08. The lowest BCUT2D eigenvalue weighted by Crippen LogP contribution is -2.01. The molecule has 0 bridgehead atoms. The van der Waals surface area contributed by atoms with Crippen molar-refractivity contribution < 1.29 is 0 Å². The topological polar surface area (TPSA) is 83.4 Å². The Morgan fingerprint density at radius 1 is 1.05 bits per heavy atom. The van der Waals surface area contributed by atoms with Gasteiger partial charge in [0.05, 0.1) is 24.7 Å². The second-order valence-electron chi connectivity index (χ2n) is 3.06. The summed E-state index contributed by atoms with van der Waals surface area (Å²) in [7, 11) is 0. The molecular weight excluding hydrogens is 419 g/mol. The van der Waals surface area contributed by atoms with Gasteiger partial charge in [0.2, 0.25) is 0 Å². The summed E-state index contributed by atoms with van der Waals surface area (Å²) in [5.41, 5.74) is -0.137. The number of nitrogens with zero attached hydrogens (tertiary/aromatic N) is 3. The first-order valence-corrected chi connectivity index (χ1v) is 6.85. The van der Waals surface area contributed by atoms with Gasteiger partial charge in [-0.05, 0) is 37.9 Å². The largest absolute Gasteiger partial charge is 0.344 e. The van der Waals surface area contributed by atoms with E-state index in [9.17, 15) is 0 Å². The van der Waals surface area contributed by atoms with E-state index in [0.717, 1.165) is 0 Å². The molecule has 94 valence electrons. The summed E-state index contributed by atoms with van der Waals surface area (Å²) in [6.45, 7) is 0. The van der Waals surface area contributed by atoms with Crippen LogP contribution < -0.4 is 5.32 Å². The van der Waals surface area contributed by atoms with E-state index in [1.54, 1.807) is 18.2 Å². The van der Waals surface area contributed by atoms with Crippen molar-refractivity contribution in [2.75, 3.05) is 5.32 Å². The predicted molar refractivity (Wildman–Crippen MR) is 79.3 cm³/mol. The van der Waals surface area contributed by atoms with E-state index in [1.807, 2.05) is 0 Å². The number of nitriles is 3. The molecule has 4 nitrogen and oxygen atoms in total. The van der Waals surface area contributed by atoms with Gasteiger partial charge in [-0.3, -0.25) is 0 Å². The fraction of sp³-hybridized carbons (Fsp3) is 0. The number of anilines is 1. The minimum absolute atomic E-state index is 0.180. The Morgan fingerprint density at radius 3 is 2.11 bits per heavy atom. The zero-order valence-corrected chi connectivity index (χ0v) is 13.6. The Kier molecular flexibility index (Phi) is 5.66. The highest BCUT2D eigenvalue weighted by atomic mass is 79.9. The molecule has 1 N–H and O–H groups in total. The molecule has 0 aromatic heterocycles. The molecule has 0 fully saturated rings. The highest BCUT2D eigenvalue weighted by Crippen LogP contribution is 2.41. The molecule has 1 aromatic carbocycles. The van der Waals surface area contributed by atoms with E-state index in [-0.39, 0.29) is 11.3 Å². The first-order valence-electron chi connectivity index (χ1n) is 4.50. The fourth-order valence-corrected chi connectivity index (χ4v) is 2.53. The normalized spacial score (nSPS) is 8.89. The molecule has 0 aliphatic carbocycles. The summed E-state index contributed by atoms with van der Waals surface area (Å²) in [5, 5.41) is 29.7. The average Bonchev–Trinajstić information content (AvgIpc) is 2.42. The highest BCUT2D eigenvalue weighted by molar-refractivity contribution is 9.11. The molecule has 1 aromatic rings. The Morgan fingerprint density at radius 2 is 1.63 bits per heavy atom.